The smallest absolute Gasteiger partial charge is 0.315 e. The van der Waals surface area contributed by atoms with Gasteiger partial charge in [-0.15, -0.1) is 0 Å². The molecule has 9 heteroatoms. The number of urea groups is 1. The van der Waals surface area contributed by atoms with Gasteiger partial charge in [-0.25, -0.2) is 18.4 Å². The van der Waals surface area contributed by atoms with Crippen LogP contribution in [-0.4, -0.2) is 45.9 Å². The van der Waals surface area contributed by atoms with Crippen LogP contribution in [0.5, 0.6) is 0 Å². The number of rotatable bonds is 5. The SMILES string of the molecule is NS(=O)(=O)CCNC(=O)N[C@H]1CCN(c2cccc(Cl)c2)C1. The standard InChI is InChI=1S/C13H19ClN4O3S/c14-10-2-1-3-12(8-10)18-6-4-11(9-18)17-13(19)16-5-7-22(15,20)21/h1-3,8,11H,4-7,9H2,(H2,15,20,21)(H2,16,17,19)/t11-/m0/s1. The quantitative estimate of drug-likeness (QED) is 0.722. The van der Waals surface area contributed by atoms with E-state index in [9.17, 15) is 13.2 Å². The van der Waals surface area contributed by atoms with E-state index in [1.165, 1.54) is 0 Å². The summed E-state index contributed by atoms with van der Waals surface area (Å²) in [5.74, 6) is -0.278. The molecule has 0 bridgehead atoms. The molecule has 0 saturated carbocycles. The summed E-state index contributed by atoms with van der Waals surface area (Å²) in [4.78, 5) is 13.8. The average Bonchev–Trinajstić information content (AvgIpc) is 2.85. The Hall–Kier alpha value is -1.51. The summed E-state index contributed by atoms with van der Waals surface area (Å²) < 4.78 is 21.5. The third kappa shape index (κ3) is 5.36. The zero-order chi connectivity index (χ0) is 16.2. The molecular formula is C13H19ClN4O3S. The molecule has 1 aliphatic heterocycles. The number of carbonyl (C=O) groups is 1. The second kappa shape index (κ2) is 7.17. The van der Waals surface area contributed by atoms with Crippen molar-refractivity contribution < 1.29 is 13.2 Å². The largest absolute Gasteiger partial charge is 0.369 e. The first-order valence-electron chi connectivity index (χ1n) is 6.89. The number of anilines is 1. The van der Waals surface area contributed by atoms with Crippen LogP contribution in [-0.2, 0) is 10.0 Å². The summed E-state index contributed by atoms with van der Waals surface area (Å²) in [7, 11) is -3.56. The van der Waals surface area contributed by atoms with E-state index in [0.717, 1.165) is 18.7 Å². The highest BCUT2D eigenvalue weighted by Gasteiger charge is 2.24. The van der Waals surface area contributed by atoms with Gasteiger partial charge in [0, 0.05) is 36.4 Å². The van der Waals surface area contributed by atoms with E-state index < -0.39 is 10.0 Å². The first kappa shape index (κ1) is 16.9. The molecule has 7 nitrogen and oxygen atoms in total. The Kier molecular flexibility index (Phi) is 5.49. The van der Waals surface area contributed by atoms with E-state index in [0.29, 0.717) is 11.6 Å². The van der Waals surface area contributed by atoms with Crippen LogP contribution in [0.4, 0.5) is 10.5 Å². The predicted octanol–water partition coefficient (Wildman–Crippen LogP) is 0.506. The molecule has 1 saturated heterocycles. The van der Waals surface area contributed by atoms with Crippen LogP contribution in [0.15, 0.2) is 24.3 Å². The first-order valence-corrected chi connectivity index (χ1v) is 8.98. The minimum absolute atomic E-state index is 0.00457. The van der Waals surface area contributed by atoms with Crippen molar-refractivity contribution in [3.8, 4) is 0 Å². The Morgan fingerprint density at radius 3 is 2.91 bits per heavy atom. The molecule has 1 aromatic carbocycles. The summed E-state index contributed by atoms with van der Waals surface area (Å²) in [5, 5.41) is 10.8. The van der Waals surface area contributed by atoms with Crippen LogP contribution >= 0.6 is 11.6 Å². The van der Waals surface area contributed by atoms with Crippen molar-refractivity contribution in [2.24, 2.45) is 5.14 Å². The number of primary sulfonamides is 1. The van der Waals surface area contributed by atoms with E-state index in [2.05, 4.69) is 15.5 Å². The molecule has 4 N–H and O–H groups in total. The normalized spacial score (nSPS) is 18.3. The summed E-state index contributed by atoms with van der Waals surface area (Å²) in [6.45, 7) is 1.50. The van der Waals surface area contributed by atoms with E-state index in [4.69, 9.17) is 16.7 Å². The number of carbonyl (C=O) groups excluding carboxylic acids is 1. The molecule has 0 aliphatic carbocycles. The molecule has 1 heterocycles. The highest BCUT2D eigenvalue weighted by Crippen LogP contribution is 2.23. The maximum Gasteiger partial charge on any atom is 0.315 e. The predicted molar refractivity (Wildman–Crippen MR) is 86.6 cm³/mol. The fourth-order valence-corrected chi connectivity index (χ4v) is 2.90. The van der Waals surface area contributed by atoms with Crippen molar-refractivity contribution in [3.63, 3.8) is 0 Å². The second-order valence-corrected chi connectivity index (χ2v) is 7.35. The lowest BCUT2D eigenvalue weighted by Crippen LogP contribution is -2.44. The van der Waals surface area contributed by atoms with Gasteiger partial charge in [-0.05, 0) is 24.6 Å². The Labute approximate surface area is 134 Å². The first-order chi connectivity index (χ1) is 10.3. The van der Waals surface area contributed by atoms with Crippen molar-refractivity contribution >= 4 is 33.3 Å². The molecule has 122 valence electrons. The Balaban J connectivity index is 1.77. The number of halogens is 1. The van der Waals surface area contributed by atoms with Gasteiger partial charge < -0.3 is 15.5 Å². The van der Waals surface area contributed by atoms with E-state index in [1.54, 1.807) is 0 Å². The van der Waals surface area contributed by atoms with Crippen molar-refractivity contribution in [1.29, 1.82) is 0 Å². The fourth-order valence-electron chi connectivity index (χ4n) is 2.33. The van der Waals surface area contributed by atoms with Crippen molar-refractivity contribution in [2.75, 3.05) is 30.3 Å². The zero-order valence-corrected chi connectivity index (χ0v) is 13.5. The monoisotopic (exact) mass is 346 g/mol. The number of hydrogen-bond acceptors (Lipinski definition) is 4. The van der Waals surface area contributed by atoms with E-state index in [-0.39, 0.29) is 24.4 Å². The van der Waals surface area contributed by atoms with Crippen LogP contribution in [0, 0.1) is 0 Å². The second-order valence-electron chi connectivity index (χ2n) is 5.18. The number of hydrogen-bond donors (Lipinski definition) is 3. The number of amides is 2. The summed E-state index contributed by atoms with van der Waals surface area (Å²) in [5.41, 5.74) is 1.02. The maximum absolute atomic E-state index is 11.7. The van der Waals surface area contributed by atoms with E-state index >= 15 is 0 Å². The van der Waals surface area contributed by atoms with Gasteiger partial charge >= 0.3 is 6.03 Å². The van der Waals surface area contributed by atoms with Gasteiger partial charge in [-0.3, -0.25) is 0 Å². The van der Waals surface area contributed by atoms with Gasteiger partial charge in [0.15, 0.2) is 0 Å². The number of benzene rings is 1. The van der Waals surface area contributed by atoms with Gasteiger partial charge in [-0.2, -0.15) is 0 Å². The highest BCUT2D eigenvalue weighted by molar-refractivity contribution is 7.89. The fraction of sp³-hybridized carbons (Fsp3) is 0.462. The van der Waals surface area contributed by atoms with Crippen LogP contribution in [0.1, 0.15) is 6.42 Å². The minimum Gasteiger partial charge on any atom is -0.369 e. The number of nitrogens with zero attached hydrogens (tertiary/aromatic N) is 1. The van der Waals surface area contributed by atoms with Gasteiger partial charge in [0.05, 0.1) is 5.75 Å². The van der Waals surface area contributed by atoms with Gasteiger partial charge in [0.1, 0.15) is 0 Å². The van der Waals surface area contributed by atoms with Gasteiger partial charge in [0.25, 0.3) is 0 Å². The van der Waals surface area contributed by atoms with Gasteiger partial charge in [-0.1, -0.05) is 17.7 Å². The molecule has 0 radical (unpaired) electrons. The third-order valence-corrected chi connectivity index (χ3v) is 4.38. The molecule has 2 amide bonds. The number of nitrogens with two attached hydrogens (primary N) is 1. The molecule has 1 aromatic rings. The average molecular weight is 347 g/mol. The lowest BCUT2D eigenvalue weighted by molar-refractivity contribution is 0.238. The molecule has 1 atom stereocenters. The summed E-state index contributed by atoms with van der Waals surface area (Å²) >= 11 is 5.97. The lowest BCUT2D eigenvalue weighted by Gasteiger charge is -2.19. The Morgan fingerprint density at radius 1 is 1.45 bits per heavy atom. The molecule has 2 rings (SSSR count). The Morgan fingerprint density at radius 2 is 2.23 bits per heavy atom. The van der Waals surface area contributed by atoms with Crippen molar-refractivity contribution in [3.05, 3.63) is 29.3 Å². The van der Waals surface area contributed by atoms with Crippen LogP contribution in [0.2, 0.25) is 5.02 Å². The lowest BCUT2D eigenvalue weighted by atomic mass is 10.3. The molecular weight excluding hydrogens is 328 g/mol. The van der Waals surface area contributed by atoms with Crippen LogP contribution in [0.3, 0.4) is 0 Å². The summed E-state index contributed by atoms with van der Waals surface area (Å²) in [6.07, 6.45) is 0.815. The number of sulfonamides is 1. The van der Waals surface area contributed by atoms with Crippen LogP contribution < -0.4 is 20.7 Å². The molecule has 0 spiro atoms. The Bertz CT molecular complexity index is 638. The highest BCUT2D eigenvalue weighted by atomic mass is 35.5. The maximum atomic E-state index is 11.7. The van der Waals surface area contributed by atoms with E-state index in [1.807, 2.05) is 24.3 Å². The number of nitrogens with one attached hydrogen (secondary N) is 2. The molecule has 22 heavy (non-hydrogen) atoms. The van der Waals surface area contributed by atoms with Crippen molar-refractivity contribution in [2.45, 2.75) is 12.5 Å². The van der Waals surface area contributed by atoms with Crippen LogP contribution in [0.25, 0.3) is 0 Å². The molecule has 0 aromatic heterocycles. The molecule has 1 aliphatic rings. The topological polar surface area (TPSA) is 105 Å². The zero-order valence-electron chi connectivity index (χ0n) is 12.0. The van der Waals surface area contributed by atoms with Gasteiger partial charge in [0.2, 0.25) is 10.0 Å². The minimum atomic E-state index is -3.56. The van der Waals surface area contributed by atoms with Crippen molar-refractivity contribution in [1.82, 2.24) is 10.6 Å². The third-order valence-electron chi connectivity index (χ3n) is 3.37. The molecule has 1 fully saturated rings. The molecule has 0 unspecified atom stereocenters. The summed E-state index contributed by atoms with van der Waals surface area (Å²) in [6, 6.07) is 7.18.